The van der Waals surface area contributed by atoms with Crippen LogP contribution in [0, 0.1) is 5.41 Å². The molecule has 0 unspecified atom stereocenters. The monoisotopic (exact) mass is 279 g/mol. The fraction of sp³-hybridized carbons (Fsp3) is 0.429. The fourth-order valence-corrected chi connectivity index (χ4v) is 1.56. The molecule has 0 bridgehead atoms. The Hall–Kier alpha value is -2.08. The van der Waals surface area contributed by atoms with Gasteiger partial charge in [0.2, 0.25) is 11.8 Å². The topological polar surface area (TPSA) is 107 Å². The molecular formula is C14H21N3O3. The third kappa shape index (κ3) is 3.71. The average Bonchev–Trinajstić information content (AvgIpc) is 2.36. The van der Waals surface area contributed by atoms with Crippen molar-refractivity contribution in [3.8, 4) is 5.75 Å². The van der Waals surface area contributed by atoms with Crippen molar-refractivity contribution in [1.82, 2.24) is 0 Å². The normalized spacial score (nSPS) is 12.7. The number of methoxy groups -OCH3 is 1. The van der Waals surface area contributed by atoms with Crippen molar-refractivity contribution in [2.24, 2.45) is 16.9 Å². The standard InChI is InChI=1S/C14H21N3O3/c1-14(2,3)11(15)13(19)17-9-7-8(12(16)18)5-6-10(9)20-4/h5-7,11H,15H2,1-4H3,(H2,16,18)(H,17,19)/t11-/m1/s1. The lowest BCUT2D eigenvalue weighted by molar-refractivity contribution is -0.119. The van der Waals surface area contributed by atoms with Crippen LogP contribution in [-0.2, 0) is 4.79 Å². The van der Waals surface area contributed by atoms with Crippen LogP contribution < -0.4 is 21.5 Å². The summed E-state index contributed by atoms with van der Waals surface area (Å²) in [6.07, 6.45) is 0. The van der Waals surface area contributed by atoms with E-state index in [0.29, 0.717) is 11.4 Å². The molecule has 0 heterocycles. The Balaban J connectivity index is 3.04. The number of anilines is 1. The highest BCUT2D eigenvalue weighted by Crippen LogP contribution is 2.27. The molecule has 1 aromatic carbocycles. The molecule has 6 nitrogen and oxygen atoms in total. The van der Waals surface area contributed by atoms with E-state index in [1.54, 1.807) is 6.07 Å². The van der Waals surface area contributed by atoms with Gasteiger partial charge in [-0.3, -0.25) is 9.59 Å². The molecule has 1 atom stereocenters. The second-order valence-electron chi connectivity index (χ2n) is 5.61. The van der Waals surface area contributed by atoms with E-state index in [1.165, 1.54) is 19.2 Å². The van der Waals surface area contributed by atoms with Gasteiger partial charge in [0.25, 0.3) is 0 Å². The predicted octanol–water partition coefficient (Wildman–Crippen LogP) is 1.11. The zero-order chi connectivity index (χ0) is 15.5. The van der Waals surface area contributed by atoms with Gasteiger partial charge in [-0.25, -0.2) is 0 Å². The Morgan fingerprint density at radius 2 is 1.90 bits per heavy atom. The van der Waals surface area contributed by atoms with E-state index in [9.17, 15) is 9.59 Å². The molecule has 0 aliphatic rings. The number of nitrogens with one attached hydrogen (secondary N) is 1. The molecule has 110 valence electrons. The number of ether oxygens (including phenoxy) is 1. The van der Waals surface area contributed by atoms with Crippen LogP contribution >= 0.6 is 0 Å². The number of benzene rings is 1. The minimum absolute atomic E-state index is 0.283. The van der Waals surface area contributed by atoms with Gasteiger partial charge >= 0.3 is 0 Å². The third-order valence-electron chi connectivity index (χ3n) is 2.96. The van der Waals surface area contributed by atoms with Crippen LogP contribution in [0.3, 0.4) is 0 Å². The van der Waals surface area contributed by atoms with Crippen LogP contribution in [0.5, 0.6) is 5.75 Å². The third-order valence-corrected chi connectivity index (χ3v) is 2.96. The minimum Gasteiger partial charge on any atom is -0.495 e. The lowest BCUT2D eigenvalue weighted by atomic mass is 9.87. The van der Waals surface area contributed by atoms with Crippen LogP contribution in [0.4, 0.5) is 5.69 Å². The number of hydrogen-bond acceptors (Lipinski definition) is 4. The number of carbonyl (C=O) groups is 2. The lowest BCUT2D eigenvalue weighted by Gasteiger charge is -2.26. The zero-order valence-electron chi connectivity index (χ0n) is 12.2. The molecule has 5 N–H and O–H groups in total. The molecule has 0 fully saturated rings. The maximum absolute atomic E-state index is 12.1. The number of hydrogen-bond donors (Lipinski definition) is 3. The van der Waals surface area contributed by atoms with Crippen molar-refractivity contribution in [3.63, 3.8) is 0 Å². The Morgan fingerprint density at radius 3 is 2.35 bits per heavy atom. The summed E-state index contributed by atoms with van der Waals surface area (Å²) < 4.78 is 5.14. The first-order chi connectivity index (χ1) is 9.16. The summed E-state index contributed by atoms with van der Waals surface area (Å²) in [5.74, 6) is -0.495. The molecule has 0 radical (unpaired) electrons. The van der Waals surface area contributed by atoms with Crippen molar-refractivity contribution in [1.29, 1.82) is 0 Å². The maximum atomic E-state index is 12.1. The second-order valence-corrected chi connectivity index (χ2v) is 5.61. The summed E-state index contributed by atoms with van der Waals surface area (Å²) in [7, 11) is 1.47. The van der Waals surface area contributed by atoms with Crippen LogP contribution in [-0.4, -0.2) is 25.0 Å². The van der Waals surface area contributed by atoms with E-state index in [0.717, 1.165) is 0 Å². The summed E-state index contributed by atoms with van der Waals surface area (Å²) in [6.45, 7) is 5.61. The first kappa shape index (κ1) is 16.0. The quantitative estimate of drug-likeness (QED) is 0.767. The van der Waals surface area contributed by atoms with Crippen molar-refractivity contribution in [2.45, 2.75) is 26.8 Å². The summed E-state index contributed by atoms with van der Waals surface area (Å²) in [5, 5.41) is 2.67. The molecule has 0 aliphatic carbocycles. The van der Waals surface area contributed by atoms with E-state index in [2.05, 4.69) is 5.32 Å². The highest BCUT2D eigenvalue weighted by Gasteiger charge is 2.28. The number of rotatable bonds is 4. The van der Waals surface area contributed by atoms with E-state index in [4.69, 9.17) is 16.2 Å². The molecule has 0 aromatic heterocycles. The zero-order valence-corrected chi connectivity index (χ0v) is 12.2. The van der Waals surface area contributed by atoms with Gasteiger partial charge in [0.15, 0.2) is 0 Å². The number of amides is 2. The first-order valence-electron chi connectivity index (χ1n) is 6.21. The molecule has 0 spiro atoms. The van der Waals surface area contributed by atoms with Crippen LogP contribution in [0.1, 0.15) is 31.1 Å². The smallest absolute Gasteiger partial charge is 0.248 e. The Morgan fingerprint density at radius 1 is 1.30 bits per heavy atom. The Bertz CT molecular complexity index is 521. The van der Waals surface area contributed by atoms with Crippen molar-refractivity contribution in [2.75, 3.05) is 12.4 Å². The molecule has 0 saturated carbocycles. The molecule has 1 aromatic rings. The van der Waals surface area contributed by atoms with Crippen LogP contribution in [0.25, 0.3) is 0 Å². The number of primary amides is 1. The van der Waals surface area contributed by atoms with Gasteiger partial charge in [0.05, 0.1) is 18.8 Å². The molecule has 0 saturated heterocycles. The van der Waals surface area contributed by atoms with Crippen LogP contribution in [0.15, 0.2) is 18.2 Å². The van der Waals surface area contributed by atoms with Gasteiger partial charge in [-0.15, -0.1) is 0 Å². The van der Waals surface area contributed by atoms with E-state index in [1.807, 2.05) is 20.8 Å². The molecule has 20 heavy (non-hydrogen) atoms. The first-order valence-corrected chi connectivity index (χ1v) is 6.21. The van der Waals surface area contributed by atoms with Gasteiger partial charge in [-0.2, -0.15) is 0 Å². The predicted molar refractivity (Wildman–Crippen MR) is 77.6 cm³/mol. The van der Waals surface area contributed by atoms with Crippen LogP contribution in [0.2, 0.25) is 0 Å². The summed E-state index contributed by atoms with van der Waals surface area (Å²) in [4.78, 5) is 23.3. The number of carbonyl (C=O) groups excluding carboxylic acids is 2. The van der Waals surface area contributed by atoms with Crippen molar-refractivity contribution >= 4 is 17.5 Å². The van der Waals surface area contributed by atoms with Gasteiger partial charge in [0, 0.05) is 5.56 Å². The summed E-state index contributed by atoms with van der Waals surface area (Å²) >= 11 is 0. The summed E-state index contributed by atoms with van der Waals surface area (Å²) in [5.41, 5.74) is 11.4. The van der Waals surface area contributed by atoms with E-state index >= 15 is 0 Å². The molecule has 0 aliphatic heterocycles. The second kappa shape index (κ2) is 5.92. The molecule has 2 amide bonds. The highest BCUT2D eigenvalue weighted by molar-refractivity contribution is 5.99. The average molecular weight is 279 g/mol. The van der Waals surface area contributed by atoms with Crippen molar-refractivity contribution in [3.05, 3.63) is 23.8 Å². The van der Waals surface area contributed by atoms with E-state index in [-0.39, 0.29) is 16.9 Å². The maximum Gasteiger partial charge on any atom is 0.248 e. The highest BCUT2D eigenvalue weighted by atomic mass is 16.5. The van der Waals surface area contributed by atoms with Gasteiger partial charge in [-0.1, -0.05) is 20.8 Å². The molecule has 1 rings (SSSR count). The van der Waals surface area contributed by atoms with E-state index < -0.39 is 11.9 Å². The SMILES string of the molecule is COc1ccc(C(N)=O)cc1NC(=O)[C@@H](N)C(C)(C)C. The van der Waals surface area contributed by atoms with Gasteiger partial charge < -0.3 is 21.5 Å². The Labute approximate surface area is 118 Å². The largest absolute Gasteiger partial charge is 0.495 e. The lowest BCUT2D eigenvalue weighted by Crippen LogP contribution is -2.45. The van der Waals surface area contributed by atoms with Gasteiger partial charge in [0.1, 0.15) is 5.75 Å². The van der Waals surface area contributed by atoms with Gasteiger partial charge in [-0.05, 0) is 23.6 Å². The summed E-state index contributed by atoms with van der Waals surface area (Å²) in [6, 6.07) is 3.87. The van der Waals surface area contributed by atoms with Crippen molar-refractivity contribution < 1.29 is 14.3 Å². The minimum atomic E-state index is -0.690. The Kier molecular flexibility index (Phi) is 4.73. The number of nitrogens with two attached hydrogens (primary N) is 2. The fourth-order valence-electron chi connectivity index (χ4n) is 1.56. The molecule has 6 heteroatoms. The molecular weight excluding hydrogens is 258 g/mol.